The summed E-state index contributed by atoms with van der Waals surface area (Å²) in [7, 11) is 4.03. The van der Waals surface area contributed by atoms with Crippen LogP contribution in [0.3, 0.4) is 0 Å². The molecule has 1 atom stereocenters. The van der Waals surface area contributed by atoms with Gasteiger partial charge in [0.15, 0.2) is 0 Å². The molecule has 2 N–H and O–H groups in total. The second-order valence-electron chi connectivity index (χ2n) is 12.1. The van der Waals surface area contributed by atoms with Crippen LogP contribution in [0.1, 0.15) is 50.8 Å². The molecule has 2 heteroatoms. The fourth-order valence-electron chi connectivity index (χ4n) is 8.14. The van der Waals surface area contributed by atoms with Gasteiger partial charge in [0, 0.05) is 42.7 Å². The molecule has 0 radical (unpaired) electrons. The van der Waals surface area contributed by atoms with Gasteiger partial charge in [-0.3, -0.25) is 0 Å². The average Bonchev–Trinajstić information content (AvgIpc) is 3.66. The summed E-state index contributed by atoms with van der Waals surface area (Å²) < 4.78 is 0. The third-order valence-corrected chi connectivity index (χ3v) is 10.0. The van der Waals surface area contributed by atoms with E-state index in [4.69, 9.17) is 0 Å². The lowest BCUT2D eigenvalue weighted by molar-refractivity contribution is 0.417. The molecule has 0 spiro atoms. The first kappa shape index (κ1) is 27.2. The van der Waals surface area contributed by atoms with E-state index in [0.29, 0.717) is 0 Å². The summed E-state index contributed by atoms with van der Waals surface area (Å²) in [6.07, 6.45) is 2.57. The van der Waals surface area contributed by atoms with Gasteiger partial charge < -0.3 is 10.6 Å². The molecule has 0 saturated carbocycles. The van der Waals surface area contributed by atoms with Crippen LogP contribution in [0, 0.1) is 0 Å². The van der Waals surface area contributed by atoms with Gasteiger partial charge in [-0.2, -0.15) is 0 Å². The lowest BCUT2D eigenvalue weighted by atomic mass is 9.55. The topological polar surface area (TPSA) is 24.1 Å². The van der Waals surface area contributed by atoms with Crippen LogP contribution >= 0.6 is 0 Å². The first-order valence-electron chi connectivity index (χ1n) is 15.9. The Hall–Kier alpha value is -5.34. The lowest BCUT2D eigenvalue weighted by Gasteiger charge is -2.46. The fourth-order valence-corrected chi connectivity index (χ4v) is 8.14. The van der Waals surface area contributed by atoms with Gasteiger partial charge >= 0.3 is 0 Å². The van der Waals surface area contributed by atoms with Crippen molar-refractivity contribution in [2.75, 3.05) is 24.7 Å². The SMILES string of the molecule is CNc1ccc2c(c1)C(C(c1ccccc1)(c1ccccc1)C1C=C(c3ccccc3)c3ccccc31)c1cc(NC)ccc1-2. The Morgan fingerprint density at radius 1 is 0.467 bits per heavy atom. The number of allylic oxidation sites excluding steroid dienone is 1. The molecule has 2 nitrogen and oxygen atoms in total. The predicted octanol–water partition coefficient (Wildman–Crippen LogP) is 10.1. The Balaban J connectivity index is 1.53. The van der Waals surface area contributed by atoms with Gasteiger partial charge in [-0.05, 0) is 79.9 Å². The van der Waals surface area contributed by atoms with Crippen LogP contribution in [0.25, 0.3) is 16.7 Å². The maximum Gasteiger partial charge on any atom is 0.0415 e. The second-order valence-corrected chi connectivity index (χ2v) is 12.1. The number of nitrogens with one attached hydrogen (secondary N) is 2. The van der Waals surface area contributed by atoms with Gasteiger partial charge in [0.2, 0.25) is 0 Å². The Labute approximate surface area is 266 Å². The molecule has 0 amide bonds. The Bertz CT molecular complexity index is 1930. The van der Waals surface area contributed by atoms with Crippen LogP contribution in [-0.4, -0.2) is 14.1 Å². The molecular formula is C43H36N2. The molecule has 0 heterocycles. The van der Waals surface area contributed by atoms with E-state index >= 15 is 0 Å². The minimum atomic E-state index is -0.464. The molecule has 2 aliphatic carbocycles. The zero-order chi connectivity index (χ0) is 30.4. The van der Waals surface area contributed by atoms with Gasteiger partial charge in [0.25, 0.3) is 0 Å². The van der Waals surface area contributed by atoms with Crippen molar-refractivity contribution in [3.05, 3.63) is 197 Å². The van der Waals surface area contributed by atoms with Crippen molar-refractivity contribution < 1.29 is 0 Å². The van der Waals surface area contributed by atoms with Gasteiger partial charge in [0.1, 0.15) is 0 Å². The summed E-state index contributed by atoms with van der Waals surface area (Å²) in [4.78, 5) is 0. The van der Waals surface area contributed by atoms with E-state index < -0.39 is 5.41 Å². The van der Waals surface area contributed by atoms with Crippen LogP contribution in [0.5, 0.6) is 0 Å². The van der Waals surface area contributed by atoms with E-state index in [0.717, 1.165) is 11.4 Å². The Morgan fingerprint density at radius 3 is 1.49 bits per heavy atom. The van der Waals surface area contributed by atoms with Crippen LogP contribution in [0.4, 0.5) is 11.4 Å². The van der Waals surface area contributed by atoms with Crippen molar-refractivity contribution in [1.29, 1.82) is 0 Å². The monoisotopic (exact) mass is 580 g/mol. The van der Waals surface area contributed by atoms with E-state index in [2.05, 4.69) is 168 Å². The summed E-state index contributed by atoms with van der Waals surface area (Å²) in [5.41, 5.74) is 15.0. The van der Waals surface area contributed by atoms with Crippen LogP contribution < -0.4 is 10.6 Å². The van der Waals surface area contributed by atoms with Crippen molar-refractivity contribution >= 4 is 16.9 Å². The third-order valence-electron chi connectivity index (χ3n) is 10.0. The predicted molar refractivity (Wildman–Crippen MR) is 189 cm³/mol. The smallest absolute Gasteiger partial charge is 0.0415 e. The summed E-state index contributed by atoms with van der Waals surface area (Å²) in [6.45, 7) is 0. The zero-order valence-electron chi connectivity index (χ0n) is 25.7. The third kappa shape index (κ3) is 4.17. The highest BCUT2D eigenvalue weighted by molar-refractivity contribution is 5.89. The number of rotatable bonds is 7. The van der Waals surface area contributed by atoms with Crippen molar-refractivity contribution in [3.8, 4) is 11.1 Å². The molecule has 0 bridgehead atoms. The number of hydrogen-bond donors (Lipinski definition) is 2. The molecule has 218 valence electrons. The molecule has 6 aromatic carbocycles. The second kappa shape index (κ2) is 11.0. The fraction of sp³-hybridized carbons (Fsp3) is 0.116. The quantitative estimate of drug-likeness (QED) is 0.196. The highest BCUT2D eigenvalue weighted by atomic mass is 14.8. The molecule has 8 rings (SSSR count). The van der Waals surface area contributed by atoms with Crippen LogP contribution in [0.2, 0.25) is 0 Å². The molecule has 0 fully saturated rings. The lowest BCUT2D eigenvalue weighted by Crippen LogP contribution is -2.40. The molecule has 1 unspecified atom stereocenters. The van der Waals surface area contributed by atoms with Gasteiger partial charge in [-0.15, -0.1) is 0 Å². The van der Waals surface area contributed by atoms with Gasteiger partial charge in [-0.1, -0.05) is 133 Å². The number of anilines is 2. The average molecular weight is 581 g/mol. The van der Waals surface area contributed by atoms with Crippen LogP contribution in [0.15, 0.2) is 158 Å². The van der Waals surface area contributed by atoms with Gasteiger partial charge in [-0.25, -0.2) is 0 Å². The highest BCUT2D eigenvalue weighted by Crippen LogP contribution is 2.64. The minimum Gasteiger partial charge on any atom is -0.388 e. The standard InChI is InChI=1S/C43H36N2/c1-44-32-22-24-35-36-25-23-33(45-2)27-40(36)42(39(35)26-32)43(30-16-8-4-9-17-30,31-18-10-5-11-19-31)41-28-38(29-14-6-3-7-15-29)34-20-12-13-21-37(34)41/h3-28,41-42,44-45H,1-2H3. The molecule has 0 aliphatic heterocycles. The van der Waals surface area contributed by atoms with E-state index in [1.54, 1.807) is 0 Å². The summed E-state index contributed by atoms with van der Waals surface area (Å²) >= 11 is 0. The Morgan fingerprint density at radius 2 is 0.956 bits per heavy atom. The molecule has 0 saturated heterocycles. The Kier molecular flexibility index (Phi) is 6.64. The normalized spacial score (nSPS) is 15.2. The van der Waals surface area contributed by atoms with Gasteiger partial charge in [0.05, 0.1) is 0 Å². The number of hydrogen-bond acceptors (Lipinski definition) is 2. The summed E-state index contributed by atoms with van der Waals surface area (Å²) in [5.74, 6) is 0.104. The van der Waals surface area contributed by atoms with E-state index in [1.807, 2.05) is 14.1 Å². The molecule has 0 aromatic heterocycles. The maximum absolute atomic E-state index is 3.45. The summed E-state index contributed by atoms with van der Waals surface area (Å²) in [5, 5.41) is 6.89. The van der Waals surface area contributed by atoms with Crippen LogP contribution in [-0.2, 0) is 5.41 Å². The maximum atomic E-state index is 3.45. The van der Waals surface area contributed by atoms with Crippen molar-refractivity contribution in [1.82, 2.24) is 0 Å². The van der Waals surface area contributed by atoms with Crippen molar-refractivity contribution in [2.45, 2.75) is 17.3 Å². The molecule has 45 heavy (non-hydrogen) atoms. The minimum absolute atomic E-state index is 0.0401. The highest BCUT2D eigenvalue weighted by Gasteiger charge is 2.54. The first-order chi connectivity index (χ1) is 22.2. The molecule has 6 aromatic rings. The molecule has 2 aliphatic rings. The summed E-state index contributed by atoms with van der Waals surface area (Å²) in [6, 6.07) is 56.3. The number of fused-ring (bicyclic) bond motifs is 4. The van der Waals surface area contributed by atoms with E-state index in [9.17, 15) is 0 Å². The van der Waals surface area contributed by atoms with E-state index in [1.165, 1.54) is 55.6 Å². The molecular weight excluding hydrogens is 544 g/mol. The largest absolute Gasteiger partial charge is 0.388 e. The van der Waals surface area contributed by atoms with E-state index in [-0.39, 0.29) is 11.8 Å². The zero-order valence-corrected chi connectivity index (χ0v) is 25.7. The van der Waals surface area contributed by atoms with Crippen molar-refractivity contribution in [2.24, 2.45) is 0 Å². The van der Waals surface area contributed by atoms with Crippen molar-refractivity contribution in [3.63, 3.8) is 0 Å². The first-order valence-corrected chi connectivity index (χ1v) is 15.9. The number of benzene rings is 6.